The lowest BCUT2D eigenvalue weighted by Gasteiger charge is -2.08. The molecular formula is C11H17N3O3S. The van der Waals surface area contributed by atoms with Crippen LogP contribution >= 0.6 is 11.3 Å². The quantitative estimate of drug-likeness (QED) is 0.699. The fourth-order valence-corrected chi connectivity index (χ4v) is 2.32. The van der Waals surface area contributed by atoms with Crippen LogP contribution in [0, 0.1) is 5.92 Å². The molecule has 1 aromatic rings. The molecule has 0 atom stereocenters. The van der Waals surface area contributed by atoms with Crippen LogP contribution in [0.5, 0.6) is 0 Å². The number of hydrogen-bond donors (Lipinski definition) is 3. The highest BCUT2D eigenvalue weighted by Crippen LogP contribution is 2.36. The van der Waals surface area contributed by atoms with Gasteiger partial charge in [-0.05, 0) is 5.92 Å². The van der Waals surface area contributed by atoms with Crippen molar-refractivity contribution in [3.8, 4) is 0 Å². The number of ether oxygens (including phenoxy) is 1. The van der Waals surface area contributed by atoms with Crippen molar-refractivity contribution in [3.63, 3.8) is 0 Å². The van der Waals surface area contributed by atoms with Gasteiger partial charge in [0.15, 0.2) is 0 Å². The Bertz CT molecular complexity index is 468. The third-order valence-electron chi connectivity index (χ3n) is 2.23. The maximum atomic E-state index is 11.6. The van der Waals surface area contributed by atoms with Crippen molar-refractivity contribution < 1.29 is 14.3 Å². The van der Waals surface area contributed by atoms with Gasteiger partial charge in [0.05, 0.1) is 12.8 Å². The number of nitrogens with one attached hydrogen (secondary N) is 1. The molecule has 18 heavy (non-hydrogen) atoms. The first kappa shape index (κ1) is 14.3. The maximum Gasteiger partial charge on any atom is 0.343 e. The number of thiophene rings is 1. The molecule has 0 aliphatic heterocycles. The lowest BCUT2D eigenvalue weighted by atomic mass is 10.2. The number of methoxy groups -OCH3 is 1. The average Bonchev–Trinajstić information content (AvgIpc) is 2.63. The number of carbonyl (C=O) groups excluding carboxylic acids is 2. The number of esters is 1. The van der Waals surface area contributed by atoms with Crippen molar-refractivity contribution in [2.45, 2.75) is 13.8 Å². The van der Waals surface area contributed by atoms with Gasteiger partial charge in [0, 0.05) is 6.54 Å². The summed E-state index contributed by atoms with van der Waals surface area (Å²) in [7, 11) is 1.26. The zero-order valence-electron chi connectivity index (χ0n) is 10.6. The molecule has 0 spiro atoms. The molecule has 7 heteroatoms. The summed E-state index contributed by atoms with van der Waals surface area (Å²) in [6.45, 7) is 4.70. The largest absolute Gasteiger partial charge is 0.465 e. The summed E-state index contributed by atoms with van der Waals surface area (Å²) in [5.74, 6) is -0.849. The van der Waals surface area contributed by atoms with E-state index < -0.39 is 11.9 Å². The van der Waals surface area contributed by atoms with Crippen LogP contribution in [0.3, 0.4) is 0 Å². The van der Waals surface area contributed by atoms with Crippen LogP contribution in [-0.4, -0.2) is 25.5 Å². The van der Waals surface area contributed by atoms with Gasteiger partial charge in [-0.15, -0.1) is 11.3 Å². The van der Waals surface area contributed by atoms with E-state index in [0.717, 1.165) is 11.3 Å². The first-order valence-corrected chi connectivity index (χ1v) is 6.24. The number of nitrogen functional groups attached to an aromatic ring is 1. The third-order valence-corrected chi connectivity index (χ3v) is 3.41. The fourth-order valence-electron chi connectivity index (χ4n) is 1.35. The summed E-state index contributed by atoms with van der Waals surface area (Å²) in [5.41, 5.74) is 11.2. The standard InChI is InChI=1S/C11H17N3O3S/c1-5(2)4-14-10-6(11(16)17-3)7(12)8(18-10)9(13)15/h5,14H,4,12H2,1-3H3,(H2,13,15). The first-order valence-electron chi connectivity index (χ1n) is 5.42. The predicted octanol–water partition coefficient (Wildman–Crippen LogP) is 1.28. The Kier molecular flexibility index (Phi) is 4.55. The van der Waals surface area contributed by atoms with Gasteiger partial charge in [0.1, 0.15) is 15.4 Å². The molecule has 0 aromatic carbocycles. The second-order valence-corrected chi connectivity index (χ2v) is 5.20. The number of primary amides is 1. The molecule has 0 saturated carbocycles. The van der Waals surface area contributed by atoms with Crippen molar-refractivity contribution in [1.29, 1.82) is 0 Å². The van der Waals surface area contributed by atoms with Crippen LogP contribution in [-0.2, 0) is 4.74 Å². The normalized spacial score (nSPS) is 10.4. The molecule has 6 nitrogen and oxygen atoms in total. The number of nitrogens with two attached hydrogens (primary N) is 2. The second kappa shape index (κ2) is 5.72. The number of amides is 1. The molecule has 0 radical (unpaired) electrons. The number of rotatable bonds is 5. The Morgan fingerprint density at radius 2 is 2.06 bits per heavy atom. The fraction of sp³-hybridized carbons (Fsp3) is 0.455. The summed E-state index contributed by atoms with van der Waals surface area (Å²) < 4.78 is 4.65. The minimum Gasteiger partial charge on any atom is -0.465 e. The molecule has 1 rings (SSSR count). The van der Waals surface area contributed by atoms with E-state index in [1.165, 1.54) is 7.11 Å². The smallest absolute Gasteiger partial charge is 0.343 e. The molecule has 0 bridgehead atoms. The molecular weight excluding hydrogens is 254 g/mol. The zero-order chi connectivity index (χ0) is 13.9. The Morgan fingerprint density at radius 1 is 1.44 bits per heavy atom. The van der Waals surface area contributed by atoms with Crippen molar-refractivity contribution in [3.05, 3.63) is 10.4 Å². The van der Waals surface area contributed by atoms with E-state index in [1.807, 2.05) is 13.8 Å². The molecule has 0 aliphatic rings. The van der Waals surface area contributed by atoms with Crippen LogP contribution in [0.25, 0.3) is 0 Å². The minimum absolute atomic E-state index is 0.0746. The Morgan fingerprint density at radius 3 is 2.50 bits per heavy atom. The van der Waals surface area contributed by atoms with Gasteiger partial charge in [0.2, 0.25) is 0 Å². The number of hydrogen-bond acceptors (Lipinski definition) is 6. The van der Waals surface area contributed by atoms with Gasteiger partial charge in [0.25, 0.3) is 5.91 Å². The number of anilines is 2. The monoisotopic (exact) mass is 271 g/mol. The van der Waals surface area contributed by atoms with E-state index in [9.17, 15) is 9.59 Å². The molecule has 100 valence electrons. The van der Waals surface area contributed by atoms with Crippen molar-refractivity contribution >= 4 is 33.9 Å². The van der Waals surface area contributed by atoms with E-state index in [4.69, 9.17) is 11.5 Å². The van der Waals surface area contributed by atoms with E-state index in [0.29, 0.717) is 17.5 Å². The lowest BCUT2D eigenvalue weighted by Crippen LogP contribution is -2.13. The van der Waals surface area contributed by atoms with Crippen LogP contribution < -0.4 is 16.8 Å². The van der Waals surface area contributed by atoms with Crippen LogP contribution in [0.2, 0.25) is 0 Å². The molecule has 1 aromatic heterocycles. The first-order chi connectivity index (χ1) is 8.38. The molecule has 0 aliphatic carbocycles. The highest BCUT2D eigenvalue weighted by molar-refractivity contribution is 7.19. The van der Waals surface area contributed by atoms with Crippen LogP contribution in [0.1, 0.15) is 33.9 Å². The molecule has 0 saturated heterocycles. The highest BCUT2D eigenvalue weighted by Gasteiger charge is 2.25. The summed E-state index contributed by atoms with van der Waals surface area (Å²) in [4.78, 5) is 23.0. The van der Waals surface area contributed by atoms with E-state index in [2.05, 4.69) is 10.1 Å². The topological polar surface area (TPSA) is 107 Å². The second-order valence-electron chi connectivity index (χ2n) is 4.18. The average molecular weight is 271 g/mol. The van der Waals surface area contributed by atoms with Gasteiger partial charge in [-0.25, -0.2) is 4.79 Å². The molecule has 0 fully saturated rings. The molecule has 0 unspecified atom stereocenters. The summed E-state index contributed by atoms with van der Waals surface area (Å²) in [6.07, 6.45) is 0. The van der Waals surface area contributed by atoms with Crippen LogP contribution in [0.15, 0.2) is 0 Å². The molecule has 1 heterocycles. The van der Waals surface area contributed by atoms with Crippen molar-refractivity contribution in [2.24, 2.45) is 11.7 Å². The van der Waals surface area contributed by atoms with Gasteiger partial charge in [-0.2, -0.15) is 0 Å². The highest BCUT2D eigenvalue weighted by atomic mass is 32.1. The van der Waals surface area contributed by atoms with E-state index in [-0.39, 0.29) is 16.1 Å². The summed E-state index contributed by atoms with van der Waals surface area (Å²) >= 11 is 1.07. The molecule has 1 amide bonds. The van der Waals surface area contributed by atoms with E-state index >= 15 is 0 Å². The predicted molar refractivity (Wildman–Crippen MR) is 71.9 cm³/mol. The summed E-state index contributed by atoms with van der Waals surface area (Å²) in [6, 6.07) is 0. The lowest BCUT2D eigenvalue weighted by molar-refractivity contribution is 0.0603. The van der Waals surface area contributed by atoms with Gasteiger partial charge in [-0.3, -0.25) is 4.79 Å². The Hall–Kier alpha value is -1.76. The van der Waals surface area contributed by atoms with Crippen molar-refractivity contribution in [1.82, 2.24) is 0 Å². The molecule has 5 N–H and O–H groups in total. The Labute approximate surface area is 109 Å². The zero-order valence-corrected chi connectivity index (χ0v) is 11.4. The van der Waals surface area contributed by atoms with Crippen molar-refractivity contribution in [2.75, 3.05) is 24.7 Å². The van der Waals surface area contributed by atoms with Gasteiger partial charge >= 0.3 is 5.97 Å². The van der Waals surface area contributed by atoms with E-state index in [1.54, 1.807) is 0 Å². The van der Waals surface area contributed by atoms with Gasteiger partial charge < -0.3 is 21.5 Å². The maximum absolute atomic E-state index is 11.6. The van der Waals surface area contributed by atoms with Crippen LogP contribution in [0.4, 0.5) is 10.7 Å². The minimum atomic E-state index is -0.653. The SMILES string of the molecule is COC(=O)c1c(NCC(C)C)sc(C(N)=O)c1N. The Balaban J connectivity index is 3.17. The number of carbonyl (C=O) groups is 2. The third kappa shape index (κ3) is 2.92. The van der Waals surface area contributed by atoms with Gasteiger partial charge in [-0.1, -0.05) is 13.8 Å². The summed E-state index contributed by atoms with van der Waals surface area (Å²) in [5, 5.41) is 3.59.